The van der Waals surface area contributed by atoms with Crippen LogP contribution < -0.4 is 15.4 Å². The molecular formula is C22H26N6O2S. The summed E-state index contributed by atoms with van der Waals surface area (Å²) in [7, 11) is 0. The molecule has 1 aromatic carbocycles. The maximum atomic E-state index is 13.3. The van der Waals surface area contributed by atoms with Crippen LogP contribution in [0, 0.1) is 5.92 Å². The lowest BCUT2D eigenvalue weighted by molar-refractivity contribution is 0.0737. The van der Waals surface area contributed by atoms with Gasteiger partial charge in [-0.3, -0.25) is 9.59 Å². The molecule has 0 saturated carbocycles. The highest BCUT2D eigenvalue weighted by Gasteiger charge is 2.27. The third-order valence-electron chi connectivity index (χ3n) is 6.08. The van der Waals surface area contributed by atoms with Crippen LogP contribution in [-0.4, -0.2) is 64.7 Å². The molecule has 5 rings (SSSR count). The van der Waals surface area contributed by atoms with Gasteiger partial charge in [-0.25, -0.2) is 0 Å². The van der Waals surface area contributed by atoms with Gasteiger partial charge in [0.25, 0.3) is 11.5 Å². The predicted molar refractivity (Wildman–Crippen MR) is 122 cm³/mol. The minimum atomic E-state index is -0.395. The van der Waals surface area contributed by atoms with E-state index >= 15 is 0 Å². The largest absolute Gasteiger partial charge is 0.368 e. The lowest BCUT2D eigenvalue weighted by Crippen LogP contribution is -2.49. The Kier molecular flexibility index (Phi) is 5.35. The van der Waals surface area contributed by atoms with Crippen molar-refractivity contribution in [1.29, 1.82) is 0 Å². The molecule has 2 fully saturated rings. The van der Waals surface area contributed by atoms with Crippen LogP contribution in [0.5, 0.6) is 0 Å². The summed E-state index contributed by atoms with van der Waals surface area (Å²) in [6, 6.07) is 11.5. The highest BCUT2D eigenvalue weighted by Crippen LogP contribution is 2.27. The van der Waals surface area contributed by atoms with Gasteiger partial charge in [0.15, 0.2) is 0 Å². The van der Waals surface area contributed by atoms with E-state index in [9.17, 15) is 9.59 Å². The number of carbonyl (C=O) groups excluding carboxylic acids is 1. The minimum Gasteiger partial charge on any atom is -0.368 e. The van der Waals surface area contributed by atoms with E-state index in [1.165, 1.54) is 23.8 Å². The Labute approximate surface area is 184 Å². The number of hydrogen-bond donors (Lipinski definition) is 0. The summed E-state index contributed by atoms with van der Waals surface area (Å²) in [4.78, 5) is 36.5. The van der Waals surface area contributed by atoms with E-state index < -0.39 is 5.56 Å². The Balaban J connectivity index is 1.38. The molecule has 2 aromatic heterocycles. The van der Waals surface area contributed by atoms with Gasteiger partial charge in [-0.15, -0.1) is 5.10 Å². The Morgan fingerprint density at radius 2 is 1.84 bits per heavy atom. The zero-order valence-corrected chi connectivity index (χ0v) is 18.4. The lowest BCUT2D eigenvalue weighted by Gasteiger charge is -2.36. The van der Waals surface area contributed by atoms with Crippen molar-refractivity contribution < 1.29 is 4.79 Å². The Hall–Kier alpha value is -2.94. The first-order valence-corrected chi connectivity index (χ1v) is 11.7. The van der Waals surface area contributed by atoms with Crippen molar-refractivity contribution in [3.63, 3.8) is 0 Å². The molecule has 9 heteroatoms. The fourth-order valence-electron chi connectivity index (χ4n) is 4.42. The number of anilines is 2. The van der Waals surface area contributed by atoms with Crippen molar-refractivity contribution in [2.45, 2.75) is 19.8 Å². The van der Waals surface area contributed by atoms with Crippen molar-refractivity contribution in [2.75, 3.05) is 49.1 Å². The smallest absolute Gasteiger partial charge is 0.274 e. The number of benzene rings is 1. The molecule has 0 N–H and O–H groups in total. The molecule has 0 bridgehead atoms. The van der Waals surface area contributed by atoms with Gasteiger partial charge in [0.1, 0.15) is 5.69 Å². The summed E-state index contributed by atoms with van der Waals surface area (Å²) in [5, 5.41) is 5.52. The van der Waals surface area contributed by atoms with Gasteiger partial charge in [0.05, 0.1) is 0 Å². The van der Waals surface area contributed by atoms with E-state index in [1.807, 2.05) is 23.1 Å². The fraction of sp³-hybridized carbons (Fsp3) is 0.455. The number of amides is 1. The van der Waals surface area contributed by atoms with Crippen molar-refractivity contribution in [3.05, 3.63) is 52.4 Å². The molecule has 0 unspecified atom stereocenters. The highest BCUT2D eigenvalue weighted by atomic mass is 32.1. The first-order valence-electron chi connectivity index (χ1n) is 10.8. The molecule has 1 atom stereocenters. The predicted octanol–water partition coefficient (Wildman–Crippen LogP) is 2.35. The molecule has 2 aliphatic rings. The second kappa shape index (κ2) is 8.30. The average Bonchev–Trinajstić information content (AvgIpc) is 3.23. The first-order chi connectivity index (χ1) is 15.1. The summed E-state index contributed by atoms with van der Waals surface area (Å²) >= 11 is 1.38. The van der Waals surface area contributed by atoms with Gasteiger partial charge in [-0.1, -0.05) is 36.5 Å². The number of rotatable bonds is 3. The lowest BCUT2D eigenvalue weighted by atomic mass is 10.0. The molecule has 1 amide bonds. The Morgan fingerprint density at radius 3 is 2.58 bits per heavy atom. The summed E-state index contributed by atoms with van der Waals surface area (Å²) in [5.74, 6) is 0.446. The normalized spacial score (nSPS) is 19.8. The van der Waals surface area contributed by atoms with Gasteiger partial charge in [0, 0.05) is 51.0 Å². The van der Waals surface area contributed by atoms with E-state index in [2.05, 4.69) is 33.8 Å². The molecule has 31 heavy (non-hydrogen) atoms. The van der Waals surface area contributed by atoms with Crippen LogP contribution in [0.25, 0.3) is 4.96 Å². The van der Waals surface area contributed by atoms with Crippen molar-refractivity contribution >= 4 is 33.0 Å². The van der Waals surface area contributed by atoms with Gasteiger partial charge >= 0.3 is 0 Å². The molecule has 0 spiro atoms. The highest BCUT2D eigenvalue weighted by molar-refractivity contribution is 7.20. The summed E-state index contributed by atoms with van der Waals surface area (Å²) in [6.07, 6.45) is 2.34. The van der Waals surface area contributed by atoms with Gasteiger partial charge < -0.3 is 14.7 Å². The number of para-hydroxylation sites is 1. The standard InChI is InChI=1S/C22H26N6O2S/c1-16-6-5-9-27(15-16)22-24-28-18(14-19(29)23-21(28)31-22)20(30)26-12-10-25(11-13-26)17-7-3-2-4-8-17/h2-4,7-8,14,16H,5-6,9-13,15H2,1H3/t16-/m0/s1. The van der Waals surface area contributed by atoms with Gasteiger partial charge in [-0.2, -0.15) is 9.50 Å². The van der Waals surface area contributed by atoms with E-state index in [1.54, 1.807) is 4.52 Å². The van der Waals surface area contributed by atoms with Crippen LogP contribution in [0.4, 0.5) is 10.8 Å². The number of nitrogens with zero attached hydrogens (tertiary/aromatic N) is 6. The average molecular weight is 439 g/mol. The van der Waals surface area contributed by atoms with E-state index in [-0.39, 0.29) is 5.91 Å². The molecule has 8 nitrogen and oxygen atoms in total. The SMILES string of the molecule is C[C@H]1CCCN(c2nn3c(C(=O)N4CCN(c5ccccc5)CC4)cc(=O)nc3s2)C1. The monoisotopic (exact) mass is 438 g/mol. The van der Waals surface area contributed by atoms with Crippen LogP contribution in [0.3, 0.4) is 0 Å². The zero-order valence-electron chi connectivity index (χ0n) is 17.6. The molecule has 0 aliphatic carbocycles. The molecule has 2 aliphatic heterocycles. The Bertz CT molecular complexity index is 1140. The first kappa shape index (κ1) is 20.0. The third-order valence-corrected chi connectivity index (χ3v) is 7.05. The minimum absolute atomic E-state index is 0.161. The maximum absolute atomic E-state index is 13.3. The molecule has 4 heterocycles. The number of hydrogen-bond acceptors (Lipinski definition) is 7. The zero-order chi connectivity index (χ0) is 21.4. The number of piperidine rings is 1. The summed E-state index contributed by atoms with van der Waals surface area (Å²) < 4.78 is 1.56. The van der Waals surface area contributed by atoms with Gasteiger partial charge in [-0.05, 0) is 30.9 Å². The number of piperazine rings is 1. The van der Waals surface area contributed by atoms with Crippen molar-refractivity contribution in [2.24, 2.45) is 5.92 Å². The van der Waals surface area contributed by atoms with Crippen LogP contribution in [0.2, 0.25) is 0 Å². The van der Waals surface area contributed by atoms with E-state index in [0.29, 0.717) is 29.7 Å². The van der Waals surface area contributed by atoms with Crippen molar-refractivity contribution in [1.82, 2.24) is 19.5 Å². The molecule has 0 radical (unpaired) electrons. The van der Waals surface area contributed by atoms with Crippen LogP contribution in [0.1, 0.15) is 30.3 Å². The summed E-state index contributed by atoms with van der Waals surface area (Å²) in [6.45, 7) is 6.85. The molecule has 162 valence electrons. The van der Waals surface area contributed by atoms with Crippen LogP contribution in [-0.2, 0) is 0 Å². The van der Waals surface area contributed by atoms with Crippen LogP contribution >= 0.6 is 11.3 Å². The van der Waals surface area contributed by atoms with E-state index in [4.69, 9.17) is 5.10 Å². The topological polar surface area (TPSA) is 74.1 Å². The van der Waals surface area contributed by atoms with Gasteiger partial charge in [0.2, 0.25) is 10.1 Å². The molecular weight excluding hydrogens is 412 g/mol. The van der Waals surface area contributed by atoms with Crippen LogP contribution in [0.15, 0.2) is 41.2 Å². The fourth-order valence-corrected chi connectivity index (χ4v) is 5.36. The molecule has 3 aromatic rings. The van der Waals surface area contributed by atoms with E-state index in [0.717, 1.165) is 43.4 Å². The molecule has 2 saturated heterocycles. The number of carbonyl (C=O) groups is 1. The maximum Gasteiger partial charge on any atom is 0.274 e. The van der Waals surface area contributed by atoms with Crippen molar-refractivity contribution in [3.8, 4) is 0 Å². The second-order valence-electron chi connectivity index (χ2n) is 8.37. The summed E-state index contributed by atoms with van der Waals surface area (Å²) in [5.41, 5.74) is 1.07. The third kappa shape index (κ3) is 4.01. The quantitative estimate of drug-likeness (QED) is 0.625. The Morgan fingerprint density at radius 1 is 1.06 bits per heavy atom. The number of aromatic nitrogens is 3. The second-order valence-corrected chi connectivity index (χ2v) is 9.30. The number of fused-ring (bicyclic) bond motifs is 1.